The molecule has 170 valence electrons. The number of rotatable bonds is 7. The van der Waals surface area contributed by atoms with E-state index in [4.69, 9.17) is 14.2 Å². The lowest BCUT2D eigenvalue weighted by atomic mass is 9.82. The Balaban J connectivity index is 1.72. The van der Waals surface area contributed by atoms with Crippen LogP contribution < -0.4 is 14.2 Å². The van der Waals surface area contributed by atoms with Gasteiger partial charge in [-0.05, 0) is 42.3 Å². The van der Waals surface area contributed by atoms with Crippen LogP contribution >= 0.6 is 0 Å². The number of benzene rings is 2. The van der Waals surface area contributed by atoms with E-state index >= 15 is 0 Å². The zero-order chi connectivity index (χ0) is 22.8. The number of likely N-dealkylation sites (N-methyl/N-ethyl adjacent to an activating group) is 1. The number of likely N-dealkylation sites (tertiary alicyclic amines) is 1. The molecule has 0 bridgehead atoms. The summed E-state index contributed by atoms with van der Waals surface area (Å²) in [6, 6.07) is 12.5. The second kappa shape index (κ2) is 9.08. The molecule has 0 spiro atoms. The molecular weight excluding hydrogens is 412 g/mol. The maximum absolute atomic E-state index is 12.8. The van der Waals surface area contributed by atoms with Crippen LogP contribution in [0.3, 0.4) is 0 Å². The molecule has 8 nitrogen and oxygen atoms in total. The van der Waals surface area contributed by atoms with Gasteiger partial charge in [0.05, 0.1) is 19.6 Å². The van der Waals surface area contributed by atoms with Crippen molar-refractivity contribution in [3.05, 3.63) is 53.6 Å². The SMILES string of the molecule is CCN(C)C(=O)CN1CC(c2ccc3c(c2)OCO3)C(C(=O)O)C1c1ccc(OC)cc1. The van der Waals surface area contributed by atoms with Gasteiger partial charge in [0.15, 0.2) is 11.5 Å². The number of amides is 1. The van der Waals surface area contributed by atoms with Crippen LogP contribution in [-0.2, 0) is 9.59 Å². The maximum Gasteiger partial charge on any atom is 0.309 e. The van der Waals surface area contributed by atoms with E-state index in [2.05, 4.69) is 0 Å². The van der Waals surface area contributed by atoms with Crippen LogP contribution in [0.4, 0.5) is 0 Å². The summed E-state index contributed by atoms with van der Waals surface area (Å²) in [6.45, 7) is 3.25. The average molecular weight is 440 g/mol. The monoisotopic (exact) mass is 440 g/mol. The van der Waals surface area contributed by atoms with Crippen LogP contribution in [0.2, 0.25) is 0 Å². The lowest BCUT2D eigenvalue weighted by molar-refractivity contribution is -0.143. The molecule has 1 amide bonds. The zero-order valence-electron chi connectivity index (χ0n) is 18.5. The first kappa shape index (κ1) is 22.0. The summed E-state index contributed by atoms with van der Waals surface area (Å²) in [6.07, 6.45) is 0. The van der Waals surface area contributed by atoms with Crippen molar-refractivity contribution < 1.29 is 28.9 Å². The summed E-state index contributed by atoms with van der Waals surface area (Å²) in [4.78, 5) is 28.9. The minimum absolute atomic E-state index is 0.0403. The maximum atomic E-state index is 12.8. The lowest BCUT2D eigenvalue weighted by Gasteiger charge is -2.28. The Morgan fingerprint density at radius 3 is 2.47 bits per heavy atom. The number of ether oxygens (including phenoxy) is 3. The van der Waals surface area contributed by atoms with Crippen molar-refractivity contribution >= 4 is 11.9 Å². The van der Waals surface area contributed by atoms with Crippen LogP contribution in [0.1, 0.15) is 30.0 Å². The van der Waals surface area contributed by atoms with Gasteiger partial charge in [-0.3, -0.25) is 14.5 Å². The van der Waals surface area contributed by atoms with Crippen molar-refractivity contribution in [3.63, 3.8) is 0 Å². The first-order valence-electron chi connectivity index (χ1n) is 10.7. The second-order valence-electron chi connectivity index (χ2n) is 8.14. The highest BCUT2D eigenvalue weighted by Crippen LogP contribution is 2.47. The van der Waals surface area contributed by atoms with Crippen LogP contribution in [0.5, 0.6) is 17.2 Å². The molecule has 1 N–H and O–H groups in total. The molecule has 0 aliphatic carbocycles. The average Bonchev–Trinajstić information content (AvgIpc) is 3.42. The van der Waals surface area contributed by atoms with Crippen molar-refractivity contribution in [1.29, 1.82) is 0 Å². The fourth-order valence-electron chi connectivity index (χ4n) is 4.54. The van der Waals surface area contributed by atoms with Gasteiger partial charge >= 0.3 is 5.97 Å². The van der Waals surface area contributed by atoms with E-state index in [1.54, 1.807) is 19.1 Å². The third-order valence-corrected chi connectivity index (χ3v) is 6.40. The summed E-state index contributed by atoms with van der Waals surface area (Å²) >= 11 is 0. The summed E-state index contributed by atoms with van der Waals surface area (Å²) in [7, 11) is 3.34. The van der Waals surface area contributed by atoms with Gasteiger partial charge in [0, 0.05) is 32.1 Å². The van der Waals surface area contributed by atoms with Gasteiger partial charge in [-0.25, -0.2) is 0 Å². The molecule has 1 saturated heterocycles. The predicted octanol–water partition coefficient (Wildman–Crippen LogP) is 2.74. The summed E-state index contributed by atoms with van der Waals surface area (Å²) in [5, 5.41) is 10.3. The van der Waals surface area contributed by atoms with E-state index in [0.717, 1.165) is 11.1 Å². The van der Waals surface area contributed by atoms with Crippen LogP contribution in [-0.4, -0.2) is 67.4 Å². The number of carboxylic acid groups (broad SMARTS) is 1. The number of carbonyl (C=O) groups is 2. The molecule has 2 aromatic carbocycles. The molecule has 0 saturated carbocycles. The van der Waals surface area contributed by atoms with Gasteiger partial charge < -0.3 is 24.2 Å². The predicted molar refractivity (Wildman–Crippen MR) is 117 cm³/mol. The fourth-order valence-corrected chi connectivity index (χ4v) is 4.54. The molecule has 2 aliphatic heterocycles. The fraction of sp³-hybridized carbons (Fsp3) is 0.417. The number of hydrogen-bond acceptors (Lipinski definition) is 6. The van der Waals surface area contributed by atoms with E-state index in [1.807, 2.05) is 54.3 Å². The van der Waals surface area contributed by atoms with Gasteiger partial charge in [-0.1, -0.05) is 18.2 Å². The van der Waals surface area contributed by atoms with Gasteiger partial charge in [0.1, 0.15) is 5.75 Å². The van der Waals surface area contributed by atoms with Crippen molar-refractivity contribution in [2.75, 3.05) is 40.6 Å². The minimum atomic E-state index is -0.896. The molecular formula is C24H28N2O6. The third kappa shape index (κ3) is 4.10. The molecule has 8 heteroatoms. The number of carbonyl (C=O) groups excluding carboxylic acids is 1. The topological polar surface area (TPSA) is 88.5 Å². The molecule has 1 fully saturated rings. The largest absolute Gasteiger partial charge is 0.497 e. The van der Waals surface area contributed by atoms with E-state index in [1.165, 1.54) is 0 Å². The Bertz CT molecular complexity index is 992. The van der Waals surface area contributed by atoms with Crippen molar-refractivity contribution in [2.45, 2.75) is 18.9 Å². The molecule has 0 aromatic heterocycles. The minimum Gasteiger partial charge on any atom is -0.497 e. The van der Waals surface area contributed by atoms with E-state index in [9.17, 15) is 14.7 Å². The van der Waals surface area contributed by atoms with Gasteiger partial charge in [0.25, 0.3) is 0 Å². The quantitative estimate of drug-likeness (QED) is 0.708. The molecule has 2 heterocycles. The van der Waals surface area contributed by atoms with Gasteiger partial charge in [-0.15, -0.1) is 0 Å². The van der Waals surface area contributed by atoms with E-state index in [0.29, 0.717) is 30.3 Å². The molecule has 32 heavy (non-hydrogen) atoms. The number of fused-ring (bicyclic) bond motifs is 1. The summed E-state index contributed by atoms with van der Waals surface area (Å²) < 4.78 is 16.2. The van der Waals surface area contributed by atoms with Crippen LogP contribution in [0.25, 0.3) is 0 Å². The number of nitrogens with zero attached hydrogens (tertiary/aromatic N) is 2. The molecule has 2 aromatic rings. The number of aliphatic carboxylic acids is 1. The highest BCUT2D eigenvalue weighted by molar-refractivity contribution is 5.79. The first-order chi connectivity index (χ1) is 15.4. The smallest absolute Gasteiger partial charge is 0.309 e. The van der Waals surface area contributed by atoms with Gasteiger partial charge in [0.2, 0.25) is 12.7 Å². The number of hydrogen-bond donors (Lipinski definition) is 1. The van der Waals surface area contributed by atoms with Crippen LogP contribution in [0, 0.1) is 5.92 Å². The second-order valence-corrected chi connectivity index (χ2v) is 8.14. The molecule has 3 unspecified atom stereocenters. The molecule has 0 radical (unpaired) electrons. The third-order valence-electron chi connectivity index (χ3n) is 6.40. The first-order valence-corrected chi connectivity index (χ1v) is 10.7. The van der Waals surface area contributed by atoms with Crippen LogP contribution in [0.15, 0.2) is 42.5 Å². The van der Waals surface area contributed by atoms with E-state index in [-0.39, 0.29) is 25.2 Å². The van der Waals surface area contributed by atoms with Gasteiger partial charge in [-0.2, -0.15) is 0 Å². The van der Waals surface area contributed by atoms with Crippen molar-refractivity contribution in [1.82, 2.24) is 9.80 Å². The Morgan fingerprint density at radius 2 is 1.81 bits per heavy atom. The lowest BCUT2D eigenvalue weighted by Crippen LogP contribution is -2.39. The number of carboxylic acids is 1. The Kier molecular flexibility index (Phi) is 6.23. The standard InChI is InChI=1S/C24H28N2O6/c1-4-25(2)21(27)13-26-12-18(16-7-10-19-20(11-16)32-14-31-19)22(24(28)29)23(26)15-5-8-17(30-3)9-6-15/h5-11,18,22-23H,4,12-14H2,1-3H3,(H,28,29). The Labute approximate surface area is 187 Å². The zero-order valence-corrected chi connectivity index (χ0v) is 18.5. The highest BCUT2D eigenvalue weighted by Gasteiger charge is 2.48. The summed E-state index contributed by atoms with van der Waals surface area (Å²) in [5.41, 5.74) is 1.70. The number of methoxy groups -OCH3 is 1. The van der Waals surface area contributed by atoms with Crippen molar-refractivity contribution in [2.24, 2.45) is 5.92 Å². The molecule has 4 rings (SSSR count). The summed E-state index contributed by atoms with van der Waals surface area (Å²) in [5.74, 6) is -0.0137. The highest BCUT2D eigenvalue weighted by atomic mass is 16.7. The van der Waals surface area contributed by atoms with Crippen molar-refractivity contribution in [3.8, 4) is 17.2 Å². The molecule has 2 aliphatic rings. The Morgan fingerprint density at radius 1 is 1.12 bits per heavy atom. The normalized spacial score (nSPS) is 22.0. The molecule has 3 atom stereocenters. The van der Waals surface area contributed by atoms with E-state index < -0.39 is 17.9 Å². The Hall–Kier alpha value is -3.26.